The topological polar surface area (TPSA) is 85.0 Å². The molecule has 0 aromatic carbocycles. The predicted molar refractivity (Wildman–Crippen MR) is 115 cm³/mol. The minimum atomic E-state index is -0.347. The number of fused-ring (bicyclic) bond motifs is 4. The Kier molecular flexibility index (Phi) is 5.15. The number of nitrogens with one attached hydrogen (secondary N) is 1. The maximum Gasteiger partial charge on any atom is 0.263 e. The molecule has 3 aromatic rings. The standard InChI is InChI=1S/C23H26N6O2/c1-27-11-17(9-26-27)13-28-12-16-8-18(15-28)21-6-5-20(23(31)29(21)14-16)22(30)25-10-19-4-2-3-7-24-19/h2-7,9,11,16,18H,8,10,12-15H2,1H3,(H,25,30)/t16-,18+/m0/s1. The summed E-state index contributed by atoms with van der Waals surface area (Å²) < 4.78 is 3.66. The van der Waals surface area contributed by atoms with E-state index in [4.69, 9.17) is 0 Å². The summed E-state index contributed by atoms with van der Waals surface area (Å²) >= 11 is 0. The molecule has 5 heterocycles. The number of carbonyl (C=O) groups excluding carboxylic acids is 1. The lowest BCUT2D eigenvalue weighted by Crippen LogP contribution is -2.47. The summed E-state index contributed by atoms with van der Waals surface area (Å²) in [6, 6.07) is 9.20. The van der Waals surface area contributed by atoms with Crippen LogP contribution in [0.4, 0.5) is 0 Å². The lowest BCUT2D eigenvalue weighted by Gasteiger charge is -2.42. The van der Waals surface area contributed by atoms with Crippen LogP contribution in [0.25, 0.3) is 0 Å². The van der Waals surface area contributed by atoms with E-state index in [0.717, 1.165) is 37.4 Å². The van der Waals surface area contributed by atoms with Crippen LogP contribution in [0, 0.1) is 5.92 Å². The number of hydrogen-bond donors (Lipinski definition) is 1. The summed E-state index contributed by atoms with van der Waals surface area (Å²) in [6.45, 7) is 3.70. The van der Waals surface area contributed by atoms with E-state index in [1.54, 1.807) is 12.3 Å². The average molecular weight is 419 g/mol. The molecule has 1 saturated heterocycles. The second-order valence-corrected chi connectivity index (χ2v) is 8.61. The number of carbonyl (C=O) groups is 1. The van der Waals surface area contributed by atoms with Crippen LogP contribution in [0.5, 0.6) is 0 Å². The van der Waals surface area contributed by atoms with Gasteiger partial charge in [-0.25, -0.2) is 0 Å². The van der Waals surface area contributed by atoms with Gasteiger partial charge in [-0.05, 0) is 36.6 Å². The Hall–Kier alpha value is -3.26. The summed E-state index contributed by atoms with van der Waals surface area (Å²) in [6.07, 6.45) is 6.75. The number of rotatable bonds is 5. The lowest BCUT2D eigenvalue weighted by atomic mass is 9.83. The van der Waals surface area contributed by atoms with Crippen molar-refractivity contribution in [3.8, 4) is 0 Å². The second kappa shape index (κ2) is 8.11. The van der Waals surface area contributed by atoms with Gasteiger partial charge in [0.15, 0.2) is 0 Å². The zero-order valence-electron chi connectivity index (χ0n) is 17.6. The summed E-state index contributed by atoms with van der Waals surface area (Å²) in [4.78, 5) is 32.5. The molecular formula is C23H26N6O2. The van der Waals surface area contributed by atoms with Gasteiger partial charge in [-0.2, -0.15) is 5.10 Å². The van der Waals surface area contributed by atoms with Crippen LogP contribution in [-0.4, -0.2) is 43.2 Å². The molecule has 1 fully saturated rings. The third-order valence-corrected chi connectivity index (χ3v) is 6.25. The molecule has 0 saturated carbocycles. The lowest BCUT2D eigenvalue weighted by molar-refractivity contribution is 0.0943. The Bertz CT molecular complexity index is 1150. The van der Waals surface area contributed by atoms with Crippen molar-refractivity contribution < 1.29 is 4.79 Å². The molecule has 1 N–H and O–H groups in total. The maximum atomic E-state index is 13.1. The van der Waals surface area contributed by atoms with E-state index in [2.05, 4.69) is 26.5 Å². The van der Waals surface area contributed by atoms with Crippen molar-refractivity contribution >= 4 is 5.91 Å². The van der Waals surface area contributed by atoms with Crippen molar-refractivity contribution in [2.75, 3.05) is 13.1 Å². The minimum absolute atomic E-state index is 0.188. The summed E-state index contributed by atoms with van der Waals surface area (Å²) in [5, 5.41) is 7.08. The van der Waals surface area contributed by atoms with Crippen LogP contribution in [0.1, 0.15) is 39.6 Å². The molecule has 3 aromatic heterocycles. The van der Waals surface area contributed by atoms with Crippen molar-refractivity contribution in [3.63, 3.8) is 0 Å². The van der Waals surface area contributed by atoms with Crippen LogP contribution < -0.4 is 10.9 Å². The van der Waals surface area contributed by atoms with Gasteiger partial charge in [-0.1, -0.05) is 6.07 Å². The van der Waals surface area contributed by atoms with E-state index < -0.39 is 0 Å². The van der Waals surface area contributed by atoms with Crippen LogP contribution >= 0.6 is 0 Å². The highest BCUT2D eigenvalue weighted by atomic mass is 16.2. The zero-order chi connectivity index (χ0) is 21.4. The molecule has 8 heteroatoms. The summed E-state index contributed by atoms with van der Waals surface area (Å²) in [5.74, 6) is 0.370. The molecular weight excluding hydrogens is 392 g/mol. The van der Waals surface area contributed by atoms with E-state index in [9.17, 15) is 9.59 Å². The third-order valence-electron chi connectivity index (χ3n) is 6.25. The van der Waals surface area contributed by atoms with Crippen molar-refractivity contribution in [1.29, 1.82) is 0 Å². The first-order chi connectivity index (χ1) is 15.1. The molecule has 2 aliphatic rings. The highest BCUT2D eigenvalue weighted by Gasteiger charge is 2.35. The fourth-order valence-corrected chi connectivity index (χ4v) is 4.93. The third kappa shape index (κ3) is 4.03. The first-order valence-corrected chi connectivity index (χ1v) is 10.7. The number of aromatic nitrogens is 4. The van der Waals surface area contributed by atoms with Gasteiger partial charge in [0.2, 0.25) is 0 Å². The molecule has 0 radical (unpaired) electrons. The van der Waals surface area contributed by atoms with Crippen LogP contribution in [0.15, 0.2) is 53.7 Å². The van der Waals surface area contributed by atoms with E-state index in [-0.39, 0.29) is 17.0 Å². The zero-order valence-corrected chi connectivity index (χ0v) is 17.6. The number of aryl methyl sites for hydroxylation is 1. The normalized spacial score (nSPS) is 20.3. The van der Waals surface area contributed by atoms with Gasteiger partial charge >= 0.3 is 0 Å². The fraction of sp³-hybridized carbons (Fsp3) is 0.391. The predicted octanol–water partition coefficient (Wildman–Crippen LogP) is 1.53. The number of piperidine rings is 1. The van der Waals surface area contributed by atoms with Crippen molar-refractivity contribution in [3.05, 3.63) is 81.8 Å². The van der Waals surface area contributed by atoms with E-state index >= 15 is 0 Å². The molecule has 0 unspecified atom stereocenters. The van der Waals surface area contributed by atoms with Gasteiger partial charge in [0.1, 0.15) is 5.56 Å². The molecule has 2 aliphatic heterocycles. The van der Waals surface area contributed by atoms with E-state index in [1.165, 1.54) is 5.56 Å². The van der Waals surface area contributed by atoms with Gasteiger partial charge < -0.3 is 9.88 Å². The first kappa shape index (κ1) is 19.7. The first-order valence-electron chi connectivity index (χ1n) is 10.7. The Labute approximate surface area is 180 Å². The minimum Gasteiger partial charge on any atom is -0.346 e. The van der Waals surface area contributed by atoms with Crippen molar-refractivity contribution in [2.45, 2.75) is 32.0 Å². The second-order valence-electron chi connectivity index (χ2n) is 8.61. The largest absolute Gasteiger partial charge is 0.346 e. The molecule has 2 atom stereocenters. The Morgan fingerprint density at radius 1 is 1.19 bits per heavy atom. The quantitative estimate of drug-likeness (QED) is 0.679. The van der Waals surface area contributed by atoms with Gasteiger partial charge in [-0.15, -0.1) is 0 Å². The van der Waals surface area contributed by atoms with Crippen molar-refractivity contribution in [2.24, 2.45) is 13.0 Å². The van der Waals surface area contributed by atoms with E-state index in [0.29, 0.717) is 24.9 Å². The molecule has 5 rings (SSSR count). The molecule has 0 spiro atoms. The number of hydrogen-bond acceptors (Lipinski definition) is 5. The van der Waals surface area contributed by atoms with Crippen molar-refractivity contribution in [1.82, 2.24) is 29.5 Å². The highest BCUT2D eigenvalue weighted by Crippen LogP contribution is 2.35. The van der Waals surface area contributed by atoms with Gasteiger partial charge in [0.05, 0.1) is 18.4 Å². The molecule has 0 aliphatic carbocycles. The van der Waals surface area contributed by atoms with Crippen LogP contribution in [0.3, 0.4) is 0 Å². The number of pyridine rings is 2. The number of amides is 1. The molecule has 1 amide bonds. The van der Waals surface area contributed by atoms with Crippen LogP contribution in [0.2, 0.25) is 0 Å². The number of likely N-dealkylation sites (tertiary alicyclic amines) is 1. The Balaban J connectivity index is 1.32. The smallest absolute Gasteiger partial charge is 0.263 e. The SMILES string of the molecule is Cn1cc(CN2C[C@@H]3C[C@H](C2)c2ccc(C(=O)NCc4ccccn4)c(=O)n2C3)cn1. The molecule has 8 nitrogen and oxygen atoms in total. The van der Waals surface area contributed by atoms with Crippen LogP contribution in [-0.2, 0) is 26.7 Å². The maximum absolute atomic E-state index is 13.1. The van der Waals surface area contributed by atoms with E-state index in [1.807, 2.05) is 46.8 Å². The monoisotopic (exact) mass is 418 g/mol. The Morgan fingerprint density at radius 3 is 2.87 bits per heavy atom. The number of nitrogens with zero attached hydrogens (tertiary/aromatic N) is 5. The molecule has 160 valence electrons. The molecule has 31 heavy (non-hydrogen) atoms. The summed E-state index contributed by atoms with van der Waals surface area (Å²) in [5.41, 5.74) is 3.02. The average Bonchev–Trinajstić information content (AvgIpc) is 3.18. The van der Waals surface area contributed by atoms with Gasteiger partial charge in [0, 0.05) is 62.8 Å². The molecule has 2 bridgehead atoms. The van der Waals surface area contributed by atoms with Gasteiger partial charge in [0.25, 0.3) is 11.5 Å². The highest BCUT2D eigenvalue weighted by molar-refractivity contribution is 5.93. The fourth-order valence-electron chi connectivity index (χ4n) is 4.93. The Morgan fingerprint density at radius 2 is 2.10 bits per heavy atom. The summed E-state index contributed by atoms with van der Waals surface area (Å²) in [7, 11) is 1.93. The van der Waals surface area contributed by atoms with Gasteiger partial charge in [-0.3, -0.25) is 24.2 Å².